The van der Waals surface area contributed by atoms with Crippen molar-refractivity contribution in [2.75, 3.05) is 6.54 Å². The normalized spacial score (nSPS) is 14.0. The zero-order valence-electron chi connectivity index (χ0n) is 13.1. The first-order valence-electron chi connectivity index (χ1n) is 7.39. The van der Waals surface area contributed by atoms with Crippen LogP contribution in [0.5, 0.6) is 0 Å². The third kappa shape index (κ3) is 3.74. The summed E-state index contributed by atoms with van der Waals surface area (Å²) in [7, 11) is 0. The Labute approximate surface area is 129 Å². The van der Waals surface area contributed by atoms with Crippen LogP contribution in [0.3, 0.4) is 0 Å². The topological polar surface area (TPSA) is 82.2 Å². The number of amides is 1. The van der Waals surface area contributed by atoms with Crippen LogP contribution in [0, 0.1) is 5.92 Å². The largest absolute Gasteiger partial charge is 0.388 e. The molecule has 0 bridgehead atoms. The summed E-state index contributed by atoms with van der Waals surface area (Å²) in [5.41, 5.74) is -0.0601. The second-order valence-electron chi connectivity index (χ2n) is 6.18. The van der Waals surface area contributed by atoms with Crippen LogP contribution in [0.2, 0.25) is 0 Å². The van der Waals surface area contributed by atoms with Crippen LogP contribution in [-0.2, 0) is 11.2 Å². The standard InChI is InChI=1S/C17H22N2O3/c1-11(2)17(3,22)10-18-15(20)9-13-8-12-6-4-5-7-14(12)19-16(13)21/h4-8,11,22H,9-10H2,1-3H3,(H,18,20)(H,19,21). The summed E-state index contributed by atoms with van der Waals surface area (Å²) in [6.45, 7) is 5.62. The van der Waals surface area contributed by atoms with E-state index < -0.39 is 5.60 Å². The van der Waals surface area contributed by atoms with E-state index >= 15 is 0 Å². The van der Waals surface area contributed by atoms with Crippen molar-refractivity contribution in [3.63, 3.8) is 0 Å². The van der Waals surface area contributed by atoms with E-state index in [4.69, 9.17) is 0 Å². The molecular formula is C17H22N2O3. The highest BCUT2D eigenvalue weighted by Crippen LogP contribution is 2.14. The van der Waals surface area contributed by atoms with Crippen LogP contribution in [0.4, 0.5) is 0 Å². The third-order valence-corrected chi connectivity index (χ3v) is 4.07. The van der Waals surface area contributed by atoms with Gasteiger partial charge >= 0.3 is 0 Å². The minimum atomic E-state index is -0.967. The van der Waals surface area contributed by atoms with E-state index in [1.807, 2.05) is 38.1 Å². The average Bonchev–Trinajstić information content (AvgIpc) is 2.46. The summed E-state index contributed by atoms with van der Waals surface area (Å²) >= 11 is 0. The van der Waals surface area contributed by atoms with E-state index in [0.717, 1.165) is 10.9 Å². The molecule has 1 aromatic carbocycles. The van der Waals surface area contributed by atoms with Gasteiger partial charge in [0.2, 0.25) is 5.91 Å². The number of pyridine rings is 1. The number of para-hydroxylation sites is 1. The van der Waals surface area contributed by atoms with Crippen molar-refractivity contribution in [2.24, 2.45) is 5.92 Å². The SMILES string of the molecule is CC(C)C(C)(O)CNC(=O)Cc1cc2ccccc2[nH]c1=O. The van der Waals surface area contributed by atoms with Gasteiger partial charge in [0.05, 0.1) is 12.0 Å². The van der Waals surface area contributed by atoms with Gasteiger partial charge in [0, 0.05) is 17.6 Å². The average molecular weight is 302 g/mol. The monoisotopic (exact) mass is 302 g/mol. The molecule has 0 aliphatic rings. The van der Waals surface area contributed by atoms with E-state index in [-0.39, 0.29) is 30.3 Å². The number of carbonyl (C=O) groups is 1. The molecule has 1 atom stereocenters. The molecule has 5 heteroatoms. The van der Waals surface area contributed by atoms with E-state index in [2.05, 4.69) is 10.3 Å². The molecule has 22 heavy (non-hydrogen) atoms. The van der Waals surface area contributed by atoms with Crippen LogP contribution in [0.1, 0.15) is 26.3 Å². The summed E-state index contributed by atoms with van der Waals surface area (Å²) in [6.07, 6.45) is -0.00561. The minimum Gasteiger partial charge on any atom is -0.388 e. The Balaban J connectivity index is 2.09. The fourth-order valence-electron chi connectivity index (χ4n) is 2.04. The molecule has 0 saturated carbocycles. The molecule has 1 heterocycles. The molecule has 0 fully saturated rings. The van der Waals surface area contributed by atoms with Gasteiger partial charge in [-0.2, -0.15) is 0 Å². The molecule has 0 radical (unpaired) electrons. The van der Waals surface area contributed by atoms with Gasteiger partial charge in [0.15, 0.2) is 0 Å². The van der Waals surface area contributed by atoms with Crippen molar-refractivity contribution >= 4 is 16.8 Å². The first kappa shape index (κ1) is 16.2. The Hall–Kier alpha value is -2.14. The molecule has 0 spiro atoms. The van der Waals surface area contributed by atoms with Crippen LogP contribution in [0.25, 0.3) is 10.9 Å². The maximum Gasteiger partial charge on any atom is 0.252 e. The summed E-state index contributed by atoms with van der Waals surface area (Å²) in [5, 5.41) is 13.7. The Bertz CT molecular complexity index is 732. The van der Waals surface area contributed by atoms with Crippen molar-refractivity contribution in [2.45, 2.75) is 32.8 Å². The molecule has 118 valence electrons. The van der Waals surface area contributed by atoms with Crippen molar-refractivity contribution in [3.8, 4) is 0 Å². The highest BCUT2D eigenvalue weighted by molar-refractivity contribution is 5.82. The van der Waals surface area contributed by atoms with Crippen molar-refractivity contribution in [1.82, 2.24) is 10.3 Å². The number of fused-ring (bicyclic) bond motifs is 1. The van der Waals surface area contributed by atoms with Gasteiger partial charge < -0.3 is 15.4 Å². The lowest BCUT2D eigenvalue weighted by Crippen LogP contribution is -2.44. The fourth-order valence-corrected chi connectivity index (χ4v) is 2.04. The van der Waals surface area contributed by atoms with E-state index in [9.17, 15) is 14.7 Å². The van der Waals surface area contributed by atoms with E-state index in [1.54, 1.807) is 13.0 Å². The quantitative estimate of drug-likeness (QED) is 0.784. The van der Waals surface area contributed by atoms with Crippen molar-refractivity contribution in [1.29, 1.82) is 0 Å². The smallest absolute Gasteiger partial charge is 0.252 e. The molecule has 1 amide bonds. The predicted octanol–water partition coefficient (Wildman–Crippen LogP) is 1.59. The van der Waals surface area contributed by atoms with Crippen molar-refractivity contribution < 1.29 is 9.90 Å². The number of aliphatic hydroxyl groups is 1. The second kappa shape index (κ2) is 6.32. The molecule has 2 aromatic rings. The number of aromatic nitrogens is 1. The van der Waals surface area contributed by atoms with Gasteiger partial charge in [0.25, 0.3) is 5.56 Å². The minimum absolute atomic E-state index is 0.00561. The molecule has 2 rings (SSSR count). The number of H-pyrrole nitrogens is 1. The molecule has 0 aliphatic heterocycles. The Morgan fingerprint density at radius 1 is 1.36 bits per heavy atom. The van der Waals surface area contributed by atoms with Gasteiger partial charge in [0.1, 0.15) is 0 Å². The van der Waals surface area contributed by atoms with Crippen molar-refractivity contribution in [3.05, 3.63) is 46.2 Å². The molecule has 3 N–H and O–H groups in total. The molecule has 1 unspecified atom stereocenters. The molecular weight excluding hydrogens is 280 g/mol. The molecule has 0 saturated heterocycles. The lowest BCUT2D eigenvalue weighted by molar-refractivity contribution is -0.122. The maximum atomic E-state index is 12.0. The molecule has 5 nitrogen and oxygen atoms in total. The predicted molar refractivity (Wildman–Crippen MR) is 86.7 cm³/mol. The number of carbonyl (C=O) groups excluding carboxylic acids is 1. The van der Waals surface area contributed by atoms with Crippen LogP contribution < -0.4 is 10.9 Å². The highest BCUT2D eigenvalue weighted by atomic mass is 16.3. The van der Waals surface area contributed by atoms with Gasteiger partial charge in [-0.1, -0.05) is 32.0 Å². The first-order valence-corrected chi connectivity index (χ1v) is 7.39. The van der Waals surface area contributed by atoms with Gasteiger partial charge in [-0.15, -0.1) is 0 Å². The summed E-state index contributed by atoms with van der Waals surface area (Å²) in [4.78, 5) is 26.8. The highest BCUT2D eigenvalue weighted by Gasteiger charge is 2.25. The first-order chi connectivity index (χ1) is 10.3. The number of hydrogen-bond donors (Lipinski definition) is 3. The zero-order chi connectivity index (χ0) is 16.3. The lowest BCUT2D eigenvalue weighted by atomic mass is 9.92. The summed E-state index contributed by atoms with van der Waals surface area (Å²) in [5.74, 6) is -0.251. The van der Waals surface area contributed by atoms with Crippen LogP contribution in [0.15, 0.2) is 35.1 Å². The van der Waals surface area contributed by atoms with Gasteiger partial charge in [-0.25, -0.2) is 0 Å². The fraction of sp³-hybridized carbons (Fsp3) is 0.412. The van der Waals surface area contributed by atoms with Gasteiger partial charge in [-0.05, 0) is 30.4 Å². The Morgan fingerprint density at radius 2 is 2.05 bits per heavy atom. The van der Waals surface area contributed by atoms with Gasteiger partial charge in [-0.3, -0.25) is 9.59 Å². The number of benzene rings is 1. The van der Waals surface area contributed by atoms with E-state index in [1.165, 1.54) is 0 Å². The van der Waals surface area contributed by atoms with Crippen LogP contribution >= 0.6 is 0 Å². The maximum absolute atomic E-state index is 12.0. The number of hydrogen-bond acceptors (Lipinski definition) is 3. The Morgan fingerprint density at radius 3 is 2.73 bits per heavy atom. The zero-order valence-corrected chi connectivity index (χ0v) is 13.1. The van der Waals surface area contributed by atoms with Crippen LogP contribution in [-0.4, -0.2) is 28.1 Å². The summed E-state index contributed by atoms with van der Waals surface area (Å²) in [6, 6.07) is 9.16. The third-order valence-electron chi connectivity index (χ3n) is 4.07. The Kier molecular flexibility index (Phi) is 4.66. The summed E-state index contributed by atoms with van der Waals surface area (Å²) < 4.78 is 0. The second-order valence-corrected chi connectivity index (χ2v) is 6.18. The molecule has 0 aliphatic carbocycles. The number of aromatic amines is 1. The number of nitrogens with one attached hydrogen (secondary N) is 2. The molecule has 1 aromatic heterocycles. The van der Waals surface area contributed by atoms with E-state index in [0.29, 0.717) is 5.56 Å². The lowest BCUT2D eigenvalue weighted by Gasteiger charge is -2.27. The number of rotatable bonds is 5.